The predicted octanol–water partition coefficient (Wildman–Crippen LogP) is 0.739. The minimum Gasteiger partial charge on any atom is -0.505 e. The van der Waals surface area contributed by atoms with Crippen LogP contribution in [0.5, 0.6) is 11.5 Å². The van der Waals surface area contributed by atoms with E-state index in [1.807, 2.05) is 0 Å². The molecule has 0 unspecified atom stereocenters. The smallest absolute Gasteiger partial charge is 0.342 e. The van der Waals surface area contributed by atoms with E-state index in [0.717, 1.165) is 20.3 Å². The molecule has 98 valence electrons. The van der Waals surface area contributed by atoms with Crippen molar-refractivity contribution in [3.05, 3.63) is 23.0 Å². The van der Waals surface area contributed by atoms with Crippen LogP contribution in [0.25, 0.3) is 0 Å². The third-order valence-corrected chi connectivity index (χ3v) is 2.25. The average Bonchev–Trinajstić information content (AvgIpc) is 2.35. The minimum atomic E-state index is -1.36. The maximum Gasteiger partial charge on any atom is 0.342 e. The first-order valence-corrected chi connectivity index (χ1v) is 4.80. The summed E-state index contributed by atoms with van der Waals surface area (Å²) in [6.45, 7) is 0. The molecule has 0 amide bonds. The standard InChI is InChI=1S/C11H11FO6/c1-17-7(14)4-5-3-6(13)9(12)10(15)8(5)11(16)18-2/h3,13,15H,4H2,1-2H3. The van der Waals surface area contributed by atoms with Gasteiger partial charge in [0.05, 0.1) is 20.6 Å². The van der Waals surface area contributed by atoms with Crippen LogP contribution in [0.3, 0.4) is 0 Å². The van der Waals surface area contributed by atoms with Crippen molar-refractivity contribution in [3.63, 3.8) is 0 Å². The molecule has 0 atom stereocenters. The van der Waals surface area contributed by atoms with E-state index in [1.165, 1.54) is 0 Å². The van der Waals surface area contributed by atoms with Crippen molar-refractivity contribution >= 4 is 11.9 Å². The molecule has 6 nitrogen and oxygen atoms in total. The van der Waals surface area contributed by atoms with E-state index >= 15 is 0 Å². The molecule has 0 saturated heterocycles. The van der Waals surface area contributed by atoms with Gasteiger partial charge in [-0.15, -0.1) is 0 Å². The molecule has 2 N–H and O–H groups in total. The van der Waals surface area contributed by atoms with Crippen molar-refractivity contribution in [2.24, 2.45) is 0 Å². The van der Waals surface area contributed by atoms with Crippen molar-refractivity contribution in [2.75, 3.05) is 14.2 Å². The summed E-state index contributed by atoms with van der Waals surface area (Å²) in [6, 6.07) is 0.859. The molecule has 7 heteroatoms. The van der Waals surface area contributed by atoms with Gasteiger partial charge in [-0.3, -0.25) is 4.79 Å². The van der Waals surface area contributed by atoms with Crippen molar-refractivity contribution in [1.82, 2.24) is 0 Å². The first-order valence-electron chi connectivity index (χ1n) is 4.80. The highest BCUT2D eigenvalue weighted by atomic mass is 19.1. The second kappa shape index (κ2) is 5.35. The lowest BCUT2D eigenvalue weighted by molar-refractivity contribution is -0.139. The van der Waals surface area contributed by atoms with Crippen molar-refractivity contribution < 1.29 is 33.7 Å². The number of phenolic OH excluding ortho intramolecular Hbond substituents is 2. The Kier molecular flexibility index (Phi) is 4.09. The Morgan fingerprint density at radius 1 is 1.28 bits per heavy atom. The lowest BCUT2D eigenvalue weighted by atomic mass is 10.0. The van der Waals surface area contributed by atoms with Gasteiger partial charge in [0.25, 0.3) is 0 Å². The molecule has 18 heavy (non-hydrogen) atoms. The number of benzene rings is 1. The predicted molar refractivity (Wildman–Crippen MR) is 56.8 cm³/mol. The molecule has 0 aliphatic rings. The number of hydrogen-bond donors (Lipinski definition) is 2. The Bertz CT molecular complexity index is 497. The van der Waals surface area contributed by atoms with Crippen molar-refractivity contribution in [3.8, 4) is 11.5 Å². The van der Waals surface area contributed by atoms with Crippen LogP contribution in [0.4, 0.5) is 4.39 Å². The highest BCUT2D eigenvalue weighted by molar-refractivity contribution is 5.95. The van der Waals surface area contributed by atoms with Crippen LogP contribution in [0.2, 0.25) is 0 Å². The lowest BCUT2D eigenvalue weighted by Gasteiger charge is -2.10. The number of phenols is 2. The lowest BCUT2D eigenvalue weighted by Crippen LogP contribution is -2.12. The van der Waals surface area contributed by atoms with E-state index in [4.69, 9.17) is 0 Å². The molecular weight excluding hydrogens is 247 g/mol. The molecule has 0 aliphatic carbocycles. The summed E-state index contributed by atoms with van der Waals surface area (Å²) in [5.74, 6) is -5.04. The zero-order valence-electron chi connectivity index (χ0n) is 9.69. The van der Waals surface area contributed by atoms with Gasteiger partial charge in [0, 0.05) is 0 Å². The van der Waals surface area contributed by atoms with E-state index in [1.54, 1.807) is 0 Å². The van der Waals surface area contributed by atoms with Crippen molar-refractivity contribution in [2.45, 2.75) is 6.42 Å². The molecule has 0 spiro atoms. The summed E-state index contributed by atoms with van der Waals surface area (Å²) >= 11 is 0. The fourth-order valence-corrected chi connectivity index (χ4v) is 1.38. The van der Waals surface area contributed by atoms with Gasteiger partial charge in [-0.1, -0.05) is 0 Å². The number of aromatic hydroxyl groups is 2. The summed E-state index contributed by atoms with van der Waals surface area (Å²) in [7, 11) is 2.16. The van der Waals surface area contributed by atoms with E-state index in [0.29, 0.717) is 0 Å². The highest BCUT2D eigenvalue weighted by Crippen LogP contribution is 2.32. The van der Waals surface area contributed by atoms with Crippen LogP contribution in [0.1, 0.15) is 15.9 Å². The molecule has 0 aromatic heterocycles. The summed E-state index contributed by atoms with van der Waals surface area (Å²) < 4.78 is 22.0. The second-order valence-electron chi connectivity index (χ2n) is 3.34. The zero-order valence-corrected chi connectivity index (χ0v) is 9.69. The van der Waals surface area contributed by atoms with E-state index < -0.39 is 41.2 Å². The molecule has 1 aromatic carbocycles. The minimum absolute atomic E-state index is 0.0925. The molecule has 0 fully saturated rings. The van der Waals surface area contributed by atoms with Gasteiger partial charge in [0.1, 0.15) is 5.56 Å². The first-order chi connectivity index (χ1) is 8.42. The van der Waals surface area contributed by atoms with Gasteiger partial charge in [0.2, 0.25) is 5.82 Å². The van der Waals surface area contributed by atoms with Crippen LogP contribution in [0, 0.1) is 5.82 Å². The average molecular weight is 258 g/mol. The van der Waals surface area contributed by atoms with Crippen LogP contribution in [0.15, 0.2) is 6.07 Å². The largest absolute Gasteiger partial charge is 0.505 e. The summed E-state index contributed by atoms with van der Waals surface area (Å²) in [6.07, 6.45) is -0.414. The topological polar surface area (TPSA) is 93.1 Å². The monoisotopic (exact) mass is 258 g/mol. The van der Waals surface area contributed by atoms with Crippen LogP contribution in [-0.2, 0) is 20.7 Å². The SMILES string of the molecule is COC(=O)Cc1cc(O)c(F)c(O)c1C(=O)OC. The second-order valence-corrected chi connectivity index (χ2v) is 3.34. The number of ether oxygens (including phenoxy) is 2. The maximum atomic E-state index is 13.3. The number of hydrogen-bond acceptors (Lipinski definition) is 6. The van der Waals surface area contributed by atoms with Gasteiger partial charge < -0.3 is 19.7 Å². The van der Waals surface area contributed by atoms with Gasteiger partial charge in [-0.2, -0.15) is 4.39 Å². The van der Waals surface area contributed by atoms with Gasteiger partial charge in [-0.05, 0) is 11.6 Å². The maximum absolute atomic E-state index is 13.3. The third-order valence-electron chi connectivity index (χ3n) is 2.25. The molecule has 0 radical (unpaired) electrons. The van der Waals surface area contributed by atoms with Crippen LogP contribution < -0.4 is 0 Å². The number of rotatable bonds is 3. The fourth-order valence-electron chi connectivity index (χ4n) is 1.38. The molecule has 1 rings (SSSR count). The van der Waals surface area contributed by atoms with E-state index in [-0.39, 0.29) is 5.56 Å². The summed E-state index contributed by atoms with van der Waals surface area (Å²) in [4.78, 5) is 22.5. The Hall–Kier alpha value is -2.31. The normalized spacial score (nSPS) is 9.94. The summed E-state index contributed by atoms with van der Waals surface area (Å²) in [5, 5.41) is 18.7. The Labute approximate surface area is 102 Å². The number of carbonyl (C=O) groups excluding carboxylic acids is 2. The number of esters is 2. The van der Waals surface area contributed by atoms with Crippen molar-refractivity contribution in [1.29, 1.82) is 0 Å². The fraction of sp³-hybridized carbons (Fsp3) is 0.273. The number of carbonyl (C=O) groups is 2. The molecule has 0 saturated carbocycles. The molecule has 0 heterocycles. The van der Waals surface area contributed by atoms with E-state index in [2.05, 4.69) is 9.47 Å². The van der Waals surface area contributed by atoms with Crippen LogP contribution >= 0.6 is 0 Å². The number of halogens is 1. The molecule has 0 bridgehead atoms. The Balaban J connectivity index is 3.39. The first kappa shape index (κ1) is 13.8. The van der Waals surface area contributed by atoms with Crippen LogP contribution in [-0.4, -0.2) is 36.4 Å². The van der Waals surface area contributed by atoms with Gasteiger partial charge >= 0.3 is 11.9 Å². The summed E-state index contributed by atoms with van der Waals surface area (Å²) in [5.41, 5.74) is -0.608. The Morgan fingerprint density at radius 2 is 1.89 bits per heavy atom. The zero-order chi connectivity index (χ0) is 13.9. The third kappa shape index (κ3) is 2.50. The van der Waals surface area contributed by atoms with E-state index in [9.17, 15) is 24.2 Å². The molecule has 0 aliphatic heterocycles. The van der Waals surface area contributed by atoms with Gasteiger partial charge in [0.15, 0.2) is 11.5 Å². The highest BCUT2D eigenvalue weighted by Gasteiger charge is 2.24. The van der Waals surface area contributed by atoms with Gasteiger partial charge in [-0.25, -0.2) is 4.79 Å². The molecule has 1 aromatic rings. The molecular formula is C11H11FO6. The quantitative estimate of drug-likeness (QED) is 0.777. The number of methoxy groups -OCH3 is 2. The Morgan fingerprint density at radius 3 is 2.39 bits per heavy atom.